The molecule has 0 bridgehead atoms. The highest BCUT2D eigenvalue weighted by Gasteiger charge is 2.16. The minimum Gasteiger partial charge on any atom is -0.454 e. The lowest BCUT2D eigenvalue weighted by Gasteiger charge is -2.09. The number of fused-ring (bicyclic) bond motifs is 1. The van der Waals surface area contributed by atoms with Crippen molar-refractivity contribution < 1.29 is 26.3 Å². The molecule has 31 heavy (non-hydrogen) atoms. The molecule has 8 nitrogen and oxygen atoms in total. The Kier molecular flexibility index (Phi) is 5.71. The third kappa shape index (κ3) is 5.05. The Labute approximate surface area is 180 Å². The van der Waals surface area contributed by atoms with Crippen LogP contribution >= 0.6 is 0 Å². The monoisotopic (exact) mass is 460 g/mol. The van der Waals surface area contributed by atoms with E-state index in [9.17, 15) is 16.8 Å². The largest absolute Gasteiger partial charge is 0.454 e. The molecule has 0 aromatic heterocycles. The van der Waals surface area contributed by atoms with Crippen molar-refractivity contribution in [1.82, 2.24) is 4.72 Å². The van der Waals surface area contributed by atoms with Crippen LogP contribution in [0.1, 0.15) is 16.7 Å². The van der Waals surface area contributed by atoms with Gasteiger partial charge >= 0.3 is 0 Å². The van der Waals surface area contributed by atoms with Crippen molar-refractivity contribution in [3.05, 3.63) is 83.4 Å². The van der Waals surface area contributed by atoms with Gasteiger partial charge in [-0.15, -0.1) is 0 Å². The second-order valence-corrected chi connectivity index (χ2v) is 10.4. The smallest absolute Gasteiger partial charge is 0.240 e. The van der Waals surface area contributed by atoms with Crippen LogP contribution in [-0.4, -0.2) is 23.6 Å². The third-order valence-electron chi connectivity index (χ3n) is 4.80. The molecule has 162 valence electrons. The molecule has 1 aliphatic rings. The molecule has 3 aromatic carbocycles. The maximum Gasteiger partial charge on any atom is 0.240 e. The van der Waals surface area contributed by atoms with Crippen molar-refractivity contribution in [3.8, 4) is 11.5 Å². The molecule has 0 atom stereocenters. The zero-order valence-electron chi connectivity index (χ0n) is 16.3. The average molecular weight is 461 g/mol. The highest BCUT2D eigenvalue weighted by molar-refractivity contribution is 7.89. The number of sulfonamides is 2. The van der Waals surface area contributed by atoms with Gasteiger partial charge in [0.2, 0.25) is 26.8 Å². The number of nitrogens with one attached hydrogen (secondary N) is 1. The van der Waals surface area contributed by atoms with E-state index < -0.39 is 20.0 Å². The molecule has 3 aromatic rings. The fourth-order valence-corrected chi connectivity index (χ4v) is 4.66. The molecule has 10 heteroatoms. The van der Waals surface area contributed by atoms with Crippen LogP contribution in [0, 0.1) is 0 Å². The van der Waals surface area contributed by atoms with Gasteiger partial charge in [0.25, 0.3) is 0 Å². The molecule has 4 rings (SSSR count). The Morgan fingerprint density at radius 1 is 0.742 bits per heavy atom. The van der Waals surface area contributed by atoms with Crippen molar-refractivity contribution in [2.45, 2.75) is 22.8 Å². The number of primary sulfonamides is 1. The standard InChI is InChI=1S/C21H20N2O6S2/c22-30(24,25)18-6-1-15(2-7-18)11-16-3-8-19(9-4-16)31(26,27)23-13-17-5-10-20-21(12-17)29-14-28-20/h1-10,12,23H,11,13-14H2,(H2,22,24,25). The summed E-state index contributed by atoms with van der Waals surface area (Å²) in [5.74, 6) is 1.24. The second-order valence-electron chi connectivity index (χ2n) is 7.02. The summed E-state index contributed by atoms with van der Waals surface area (Å²) in [6.45, 7) is 0.282. The summed E-state index contributed by atoms with van der Waals surface area (Å²) in [5.41, 5.74) is 2.52. The normalized spacial score (nSPS) is 13.3. The zero-order chi connectivity index (χ0) is 22.1. The first-order valence-electron chi connectivity index (χ1n) is 9.30. The molecule has 0 aliphatic carbocycles. The molecule has 0 saturated carbocycles. The average Bonchev–Trinajstić information content (AvgIpc) is 3.20. The van der Waals surface area contributed by atoms with Gasteiger partial charge in [0.1, 0.15) is 0 Å². The van der Waals surface area contributed by atoms with E-state index in [2.05, 4.69) is 4.72 Å². The number of hydrogen-bond donors (Lipinski definition) is 2. The maximum atomic E-state index is 12.6. The maximum absolute atomic E-state index is 12.6. The Morgan fingerprint density at radius 3 is 1.90 bits per heavy atom. The predicted molar refractivity (Wildman–Crippen MR) is 114 cm³/mol. The SMILES string of the molecule is NS(=O)(=O)c1ccc(Cc2ccc(S(=O)(=O)NCc3ccc4c(c3)OCO4)cc2)cc1. The molecular weight excluding hydrogens is 440 g/mol. The minimum atomic E-state index is -3.73. The molecule has 3 N–H and O–H groups in total. The molecule has 0 unspecified atom stereocenters. The molecule has 0 saturated heterocycles. The number of rotatable bonds is 7. The van der Waals surface area contributed by atoms with E-state index in [0.717, 1.165) is 16.7 Å². The van der Waals surface area contributed by atoms with Crippen molar-refractivity contribution in [2.24, 2.45) is 5.14 Å². The summed E-state index contributed by atoms with van der Waals surface area (Å²) in [6, 6.07) is 18.0. The van der Waals surface area contributed by atoms with Gasteiger partial charge in [0.15, 0.2) is 11.5 Å². The summed E-state index contributed by atoms with van der Waals surface area (Å²) in [5, 5.41) is 5.10. The van der Waals surface area contributed by atoms with Crippen LogP contribution in [0.4, 0.5) is 0 Å². The Bertz CT molecular complexity index is 1300. The van der Waals surface area contributed by atoms with Crippen LogP contribution in [0.2, 0.25) is 0 Å². The van der Waals surface area contributed by atoms with Crippen LogP contribution < -0.4 is 19.3 Å². The van der Waals surface area contributed by atoms with Crippen molar-refractivity contribution in [2.75, 3.05) is 6.79 Å². The van der Waals surface area contributed by atoms with E-state index in [1.807, 2.05) is 0 Å². The van der Waals surface area contributed by atoms with E-state index >= 15 is 0 Å². The summed E-state index contributed by atoms with van der Waals surface area (Å²) < 4.78 is 61.0. The Hall–Kier alpha value is -2.92. The minimum absolute atomic E-state index is 0.0474. The fraction of sp³-hybridized carbons (Fsp3) is 0.143. The first kappa shape index (κ1) is 21.3. The molecule has 0 radical (unpaired) electrons. The van der Waals surface area contributed by atoms with Gasteiger partial charge in [-0.2, -0.15) is 0 Å². The first-order chi connectivity index (χ1) is 14.7. The van der Waals surface area contributed by atoms with Crippen LogP contribution in [-0.2, 0) is 33.0 Å². The first-order valence-corrected chi connectivity index (χ1v) is 12.3. The van der Waals surface area contributed by atoms with Gasteiger partial charge in [-0.05, 0) is 59.5 Å². The van der Waals surface area contributed by atoms with Gasteiger partial charge in [0.05, 0.1) is 9.79 Å². The molecule has 0 fully saturated rings. The number of nitrogens with two attached hydrogens (primary N) is 1. The zero-order valence-corrected chi connectivity index (χ0v) is 17.9. The van der Waals surface area contributed by atoms with Gasteiger partial charge in [0, 0.05) is 6.54 Å². The van der Waals surface area contributed by atoms with Crippen LogP contribution in [0.5, 0.6) is 11.5 Å². The quantitative estimate of drug-likeness (QED) is 0.557. The molecule has 0 amide bonds. The van der Waals surface area contributed by atoms with Crippen LogP contribution in [0.25, 0.3) is 0 Å². The summed E-state index contributed by atoms with van der Waals surface area (Å²) >= 11 is 0. The fourth-order valence-electron chi connectivity index (χ4n) is 3.13. The van der Waals surface area contributed by atoms with E-state index in [1.165, 1.54) is 24.3 Å². The van der Waals surface area contributed by atoms with E-state index in [4.69, 9.17) is 14.6 Å². The molecule has 1 aliphatic heterocycles. The van der Waals surface area contributed by atoms with E-state index in [-0.39, 0.29) is 23.1 Å². The lowest BCUT2D eigenvalue weighted by Crippen LogP contribution is -2.23. The van der Waals surface area contributed by atoms with Crippen LogP contribution in [0.15, 0.2) is 76.5 Å². The number of ether oxygens (including phenoxy) is 2. The Balaban J connectivity index is 1.40. The van der Waals surface area contributed by atoms with Crippen molar-refractivity contribution >= 4 is 20.0 Å². The van der Waals surface area contributed by atoms with Crippen LogP contribution in [0.3, 0.4) is 0 Å². The van der Waals surface area contributed by atoms with Gasteiger partial charge in [-0.3, -0.25) is 0 Å². The lowest BCUT2D eigenvalue weighted by molar-refractivity contribution is 0.174. The highest BCUT2D eigenvalue weighted by Crippen LogP contribution is 2.32. The predicted octanol–water partition coefficient (Wildman–Crippen LogP) is 2.13. The number of hydrogen-bond acceptors (Lipinski definition) is 6. The topological polar surface area (TPSA) is 125 Å². The number of benzene rings is 3. The lowest BCUT2D eigenvalue weighted by atomic mass is 10.1. The van der Waals surface area contributed by atoms with Gasteiger partial charge in [-0.25, -0.2) is 26.7 Å². The highest BCUT2D eigenvalue weighted by atomic mass is 32.2. The second kappa shape index (κ2) is 8.31. The summed E-state index contributed by atoms with van der Waals surface area (Å²) in [4.78, 5) is 0.202. The van der Waals surface area contributed by atoms with Gasteiger partial charge in [-0.1, -0.05) is 30.3 Å². The molecule has 0 spiro atoms. The van der Waals surface area contributed by atoms with E-state index in [0.29, 0.717) is 17.9 Å². The summed E-state index contributed by atoms with van der Waals surface area (Å²) in [7, 11) is -7.42. The van der Waals surface area contributed by atoms with Gasteiger partial charge < -0.3 is 9.47 Å². The summed E-state index contributed by atoms with van der Waals surface area (Å²) in [6.07, 6.45) is 0.524. The van der Waals surface area contributed by atoms with E-state index in [1.54, 1.807) is 42.5 Å². The third-order valence-corrected chi connectivity index (χ3v) is 7.14. The Morgan fingerprint density at radius 2 is 1.29 bits per heavy atom. The molecule has 1 heterocycles. The molecular formula is C21H20N2O6S2. The van der Waals surface area contributed by atoms with Crippen molar-refractivity contribution in [3.63, 3.8) is 0 Å². The van der Waals surface area contributed by atoms with Crippen molar-refractivity contribution in [1.29, 1.82) is 0 Å².